The van der Waals surface area contributed by atoms with Crippen molar-refractivity contribution in [3.8, 4) is 0 Å². The molecule has 19 heavy (non-hydrogen) atoms. The maximum Gasteiger partial charge on any atom is 0.356 e. The average Bonchev–Trinajstić information content (AvgIpc) is 2.41. The minimum absolute atomic E-state index is 0.0314. The lowest BCUT2D eigenvalue weighted by atomic mass is 9.80. The molecule has 0 atom stereocenters. The summed E-state index contributed by atoms with van der Waals surface area (Å²) in [4.78, 5) is 13.0. The van der Waals surface area contributed by atoms with E-state index in [0.717, 1.165) is 32.5 Å². The van der Waals surface area contributed by atoms with Gasteiger partial charge in [0.2, 0.25) is 0 Å². The van der Waals surface area contributed by atoms with E-state index in [1.165, 1.54) is 6.07 Å². The molecule has 0 aromatic carbocycles. The molecule has 2 rings (SSSR count). The largest absolute Gasteiger partial charge is 0.476 e. The Kier molecular flexibility index (Phi) is 3.99. The third kappa shape index (κ3) is 3.64. The van der Waals surface area contributed by atoms with Crippen molar-refractivity contribution in [3.63, 3.8) is 0 Å². The van der Waals surface area contributed by atoms with Gasteiger partial charge in [0.15, 0.2) is 5.69 Å². The molecule has 0 saturated carbocycles. The number of hydrogen-bond acceptors (Lipinski definition) is 5. The van der Waals surface area contributed by atoms with Gasteiger partial charge in [-0.2, -0.15) is 0 Å². The summed E-state index contributed by atoms with van der Waals surface area (Å²) in [6.45, 7) is 5.33. The molecule has 1 fully saturated rings. The van der Waals surface area contributed by atoms with Gasteiger partial charge in [-0.15, -0.1) is 10.2 Å². The summed E-state index contributed by atoms with van der Waals surface area (Å²) in [5.41, 5.74) is 0.232. The second kappa shape index (κ2) is 5.52. The molecular weight excluding hydrogens is 244 g/mol. The number of carbonyl (C=O) groups is 1. The molecular formula is C13H20N4O2. The number of carboxylic acid groups (broad SMARTS) is 1. The fraction of sp³-hybridized carbons (Fsp3) is 0.615. The average molecular weight is 264 g/mol. The van der Waals surface area contributed by atoms with E-state index >= 15 is 0 Å². The first-order chi connectivity index (χ1) is 8.98. The SMILES string of the molecule is CN1CCC(C)(CNc2ccc(C(=O)O)nn2)CC1. The third-order valence-electron chi connectivity index (χ3n) is 3.77. The molecule has 1 aliphatic rings. The van der Waals surface area contributed by atoms with Crippen molar-refractivity contribution in [2.75, 3.05) is 32.0 Å². The number of nitrogens with zero attached hydrogens (tertiary/aromatic N) is 3. The molecule has 1 aliphatic heterocycles. The van der Waals surface area contributed by atoms with Gasteiger partial charge in [-0.05, 0) is 50.5 Å². The summed E-state index contributed by atoms with van der Waals surface area (Å²) in [5, 5.41) is 19.5. The predicted molar refractivity (Wildman–Crippen MR) is 72.3 cm³/mol. The zero-order valence-electron chi connectivity index (χ0n) is 11.4. The molecule has 2 heterocycles. The molecule has 6 heteroatoms. The molecule has 0 spiro atoms. The van der Waals surface area contributed by atoms with Gasteiger partial charge in [0, 0.05) is 6.54 Å². The van der Waals surface area contributed by atoms with E-state index < -0.39 is 5.97 Å². The van der Waals surface area contributed by atoms with Gasteiger partial charge in [0.05, 0.1) is 0 Å². The second-order valence-corrected chi connectivity index (χ2v) is 5.58. The van der Waals surface area contributed by atoms with Crippen molar-refractivity contribution in [1.82, 2.24) is 15.1 Å². The van der Waals surface area contributed by atoms with Crippen LogP contribution in [0.15, 0.2) is 12.1 Å². The summed E-state index contributed by atoms with van der Waals surface area (Å²) >= 11 is 0. The Labute approximate surface area is 112 Å². The zero-order chi connectivity index (χ0) is 13.9. The predicted octanol–water partition coefficient (Wildman–Crippen LogP) is 1.32. The Balaban J connectivity index is 1.89. The van der Waals surface area contributed by atoms with Gasteiger partial charge < -0.3 is 15.3 Å². The highest BCUT2D eigenvalue weighted by Crippen LogP contribution is 2.30. The number of aromatic carboxylic acids is 1. The van der Waals surface area contributed by atoms with Crippen LogP contribution in [0.25, 0.3) is 0 Å². The Morgan fingerprint density at radius 1 is 1.42 bits per heavy atom. The molecule has 1 aromatic rings. The lowest BCUT2D eigenvalue weighted by Gasteiger charge is -2.38. The van der Waals surface area contributed by atoms with Crippen LogP contribution in [-0.4, -0.2) is 52.9 Å². The van der Waals surface area contributed by atoms with Gasteiger partial charge in [0.25, 0.3) is 0 Å². The van der Waals surface area contributed by atoms with Crippen molar-refractivity contribution in [2.24, 2.45) is 5.41 Å². The van der Waals surface area contributed by atoms with Crippen molar-refractivity contribution in [3.05, 3.63) is 17.8 Å². The second-order valence-electron chi connectivity index (χ2n) is 5.58. The molecule has 0 bridgehead atoms. The van der Waals surface area contributed by atoms with Crippen LogP contribution in [-0.2, 0) is 0 Å². The highest BCUT2D eigenvalue weighted by atomic mass is 16.4. The standard InChI is InChI=1S/C13H20N4O2/c1-13(5-7-17(2)8-6-13)9-14-11-4-3-10(12(18)19)15-16-11/h3-4H,5-9H2,1-2H3,(H,14,16)(H,18,19). The number of rotatable bonds is 4. The highest BCUT2D eigenvalue weighted by molar-refractivity contribution is 5.85. The number of hydrogen-bond donors (Lipinski definition) is 2. The van der Waals surface area contributed by atoms with Gasteiger partial charge in [-0.3, -0.25) is 0 Å². The number of piperidine rings is 1. The molecule has 0 aliphatic carbocycles. The lowest BCUT2D eigenvalue weighted by molar-refractivity contribution is 0.0689. The summed E-state index contributed by atoms with van der Waals surface area (Å²) < 4.78 is 0. The van der Waals surface area contributed by atoms with Crippen molar-refractivity contribution in [1.29, 1.82) is 0 Å². The van der Waals surface area contributed by atoms with Gasteiger partial charge in [-0.25, -0.2) is 4.79 Å². The molecule has 2 N–H and O–H groups in total. The summed E-state index contributed by atoms with van der Waals surface area (Å²) in [7, 11) is 2.14. The molecule has 1 aromatic heterocycles. The number of nitrogens with one attached hydrogen (secondary N) is 1. The number of likely N-dealkylation sites (tertiary alicyclic amines) is 1. The Bertz CT molecular complexity index is 438. The van der Waals surface area contributed by atoms with Crippen LogP contribution in [0.4, 0.5) is 5.82 Å². The Morgan fingerprint density at radius 2 is 2.11 bits per heavy atom. The van der Waals surface area contributed by atoms with E-state index in [0.29, 0.717) is 5.82 Å². The minimum Gasteiger partial charge on any atom is -0.476 e. The van der Waals surface area contributed by atoms with Crippen molar-refractivity contribution >= 4 is 11.8 Å². The normalized spacial score (nSPS) is 19.1. The van der Waals surface area contributed by atoms with Crippen LogP contribution in [0.5, 0.6) is 0 Å². The monoisotopic (exact) mass is 264 g/mol. The lowest BCUT2D eigenvalue weighted by Crippen LogP contribution is -2.40. The van der Waals surface area contributed by atoms with Crippen LogP contribution >= 0.6 is 0 Å². The van der Waals surface area contributed by atoms with E-state index in [-0.39, 0.29) is 11.1 Å². The van der Waals surface area contributed by atoms with Gasteiger partial charge in [-0.1, -0.05) is 6.92 Å². The quantitative estimate of drug-likeness (QED) is 0.854. The van der Waals surface area contributed by atoms with E-state index in [1.54, 1.807) is 6.07 Å². The molecule has 1 saturated heterocycles. The summed E-state index contributed by atoms with van der Waals surface area (Å²) in [5.74, 6) is -0.425. The molecule has 6 nitrogen and oxygen atoms in total. The smallest absolute Gasteiger partial charge is 0.356 e. The van der Waals surface area contributed by atoms with Gasteiger partial charge in [0.1, 0.15) is 5.82 Å². The molecule has 104 valence electrons. The van der Waals surface area contributed by atoms with Crippen molar-refractivity contribution in [2.45, 2.75) is 19.8 Å². The minimum atomic E-state index is -1.05. The zero-order valence-corrected chi connectivity index (χ0v) is 11.4. The first kappa shape index (κ1) is 13.7. The number of anilines is 1. The fourth-order valence-electron chi connectivity index (χ4n) is 2.18. The van der Waals surface area contributed by atoms with Crippen LogP contribution in [0.2, 0.25) is 0 Å². The Hall–Kier alpha value is -1.69. The summed E-state index contributed by atoms with van der Waals surface area (Å²) in [6.07, 6.45) is 2.30. The molecule has 0 amide bonds. The van der Waals surface area contributed by atoms with Crippen LogP contribution in [0.3, 0.4) is 0 Å². The van der Waals surface area contributed by atoms with E-state index in [2.05, 4.69) is 34.4 Å². The molecule has 0 unspecified atom stereocenters. The van der Waals surface area contributed by atoms with Gasteiger partial charge >= 0.3 is 5.97 Å². The van der Waals surface area contributed by atoms with E-state index in [4.69, 9.17) is 5.11 Å². The van der Waals surface area contributed by atoms with Crippen LogP contribution < -0.4 is 5.32 Å². The van der Waals surface area contributed by atoms with Crippen LogP contribution in [0.1, 0.15) is 30.3 Å². The fourth-order valence-corrected chi connectivity index (χ4v) is 2.18. The highest BCUT2D eigenvalue weighted by Gasteiger charge is 2.28. The maximum atomic E-state index is 10.7. The summed E-state index contributed by atoms with van der Waals surface area (Å²) in [6, 6.07) is 3.13. The van der Waals surface area contributed by atoms with E-state index in [9.17, 15) is 4.79 Å². The first-order valence-electron chi connectivity index (χ1n) is 6.48. The topological polar surface area (TPSA) is 78.4 Å². The third-order valence-corrected chi connectivity index (χ3v) is 3.77. The van der Waals surface area contributed by atoms with Crippen molar-refractivity contribution < 1.29 is 9.90 Å². The Morgan fingerprint density at radius 3 is 2.63 bits per heavy atom. The maximum absolute atomic E-state index is 10.7. The number of carboxylic acids is 1. The van der Waals surface area contributed by atoms with E-state index in [1.807, 2.05) is 0 Å². The van der Waals surface area contributed by atoms with Crippen LogP contribution in [0, 0.1) is 5.41 Å². The first-order valence-corrected chi connectivity index (χ1v) is 6.48. The number of aromatic nitrogens is 2. The molecule has 0 radical (unpaired) electrons.